The second-order valence-electron chi connectivity index (χ2n) is 3.70. The second-order valence-corrected chi connectivity index (χ2v) is 3.70. The summed E-state index contributed by atoms with van der Waals surface area (Å²) < 4.78 is 0. The summed E-state index contributed by atoms with van der Waals surface area (Å²) in [5.74, 6) is 0. The number of benzene rings is 1. The van der Waals surface area contributed by atoms with Gasteiger partial charge in [-0.3, -0.25) is 0 Å². The predicted octanol–water partition coefficient (Wildman–Crippen LogP) is 4.06. The van der Waals surface area contributed by atoms with Gasteiger partial charge in [0.15, 0.2) is 0 Å². The van der Waals surface area contributed by atoms with E-state index >= 15 is 0 Å². The Morgan fingerprint density at radius 3 is 2.59 bits per heavy atom. The Labute approximate surface area is 104 Å². The first kappa shape index (κ1) is 13.0. The van der Waals surface area contributed by atoms with Crippen LogP contribution in [0, 0.1) is 0 Å². The van der Waals surface area contributed by atoms with Crippen LogP contribution >= 0.6 is 0 Å². The van der Waals surface area contributed by atoms with Crippen molar-refractivity contribution in [3.05, 3.63) is 78.4 Å². The van der Waals surface area contributed by atoms with E-state index in [1.165, 1.54) is 0 Å². The van der Waals surface area contributed by atoms with Crippen LogP contribution in [0.3, 0.4) is 0 Å². The van der Waals surface area contributed by atoms with Crippen LogP contribution < -0.4 is 5.73 Å². The molecule has 0 aromatic heterocycles. The van der Waals surface area contributed by atoms with E-state index in [0.29, 0.717) is 0 Å². The van der Waals surface area contributed by atoms with Gasteiger partial charge < -0.3 is 5.73 Å². The van der Waals surface area contributed by atoms with Crippen molar-refractivity contribution in [1.29, 1.82) is 0 Å². The van der Waals surface area contributed by atoms with E-state index in [1.54, 1.807) is 0 Å². The van der Waals surface area contributed by atoms with Crippen LogP contribution in [0.4, 0.5) is 0 Å². The Morgan fingerprint density at radius 1 is 1.29 bits per heavy atom. The van der Waals surface area contributed by atoms with Crippen LogP contribution in [-0.2, 0) is 0 Å². The van der Waals surface area contributed by atoms with Gasteiger partial charge in [0, 0.05) is 5.70 Å². The molecule has 1 rings (SSSR count). The average molecular weight is 225 g/mol. The number of allylic oxidation sites excluding steroid dienone is 6. The maximum atomic E-state index is 6.01. The summed E-state index contributed by atoms with van der Waals surface area (Å²) in [6.07, 6.45) is 10.7. The second kappa shape index (κ2) is 7.29. The summed E-state index contributed by atoms with van der Waals surface area (Å²) in [7, 11) is 0. The molecule has 88 valence electrons. The van der Waals surface area contributed by atoms with Crippen molar-refractivity contribution in [2.45, 2.75) is 13.3 Å². The monoisotopic (exact) mass is 225 g/mol. The molecule has 0 saturated carbocycles. The van der Waals surface area contributed by atoms with Crippen molar-refractivity contribution in [2.75, 3.05) is 0 Å². The molecule has 0 fully saturated rings. The molecule has 0 atom stereocenters. The van der Waals surface area contributed by atoms with Gasteiger partial charge in [-0.2, -0.15) is 0 Å². The van der Waals surface area contributed by atoms with Crippen molar-refractivity contribution in [3.8, 4) is 0 Å². The first-order chi connectivity index (χ1) is 8.27. The first-order valence-corrected chi connectivity index (χ1v) is 5.73. The third-order valence-electron chi connectivity index (χ3n) is 2.43. The number of rotatable bonds is 5. The van der Waals surface area contributed by atoms with Gasteiger partial charge in [-0.15, -0.1) is 0 Å². The molecule has 0 unspecified atom stereocenters. The summed E-state index contributed by atoms with van der Waals surface area (Å²) >= 11 is 0. The zero-order valence-corrected chi connectivity index (χ0v) is 10.3. The van der Waals surface area contributed by atoms with Crippen LogP contribution in [0.5, 0.6) is 0 Å². The number of hydrogen-bond acceptors (Lipinski definition) is 1. The van der Waals surface area contributed by atoms with Crippen molar-refractivity contribution in [2.24, 2.45) is 5.73 Å². The Bertz CT molecular complexity index is 436. The van der Waals surface area contributed by atoms with E-state index in [-0.39, 0.29) is 0 Å². The molecule has 17 heavy (non-hydrogen) atoms. The molecule has 0 heterocycles. The molecule has 0 amide bonds. The third kappa shape index (κ3) is 4.56. The standard InChI is InChI=1S/C16H19N/c1-3-5-9-14(4-2)12-13-16(17)15-10-7-6-8-11-15/h3-11,13H,2,12,17H2,1H3/b5-3-,14-9+,16-13-. The average Bonchev–Trinajstić information content (AvgIpc) is 2.39. The molecule has 2 N–H and O–H groups in total. The van der Waals surface area contributed by atoms with E-state index in [9.17, 15) is 0 Å². The van der Waals surface area contributed by atoms with Gasteiger partial charge in [-0.25, -0.2) is 0 Å². The number of nitrogens with two attached hydrogens (primary N) is 1. The van der Waals surface area contributed by atoms with Crippen LogP contribution in [0.1, 0.15) is 18.9 Å². The summed E-state index contributed by atoms with van der Waals surface area (Å²) in [6, 6.07) is 9.97. The van der Waals surface area contributed by atoms with Gasteiger partial charge in [0.1, 0.15) is 0 Å². The molecule has 0 aliphatic heterocycles. The molecule has 1 nitrogen and oxygen atoms in total. The van der Waals surface area contributed by atoms with Crippen LogP contribution in [0.15, 0.2) is 72.9 Å². The molecule has 1 aromatic carbocycles. The molecule has 1 heteroatoms. The SMILES string of the molecule is C=C/C(=C\C=C/C)C/C=C(\N)c1ccccc1. The Kier molecular flexibility index (Phi) is 5.59. The largest absolute Gasteiger partial charge is 0.398 e. The van der Waals surface area contributed by atoms with Gasteiger partial charge in [0.2, 0.25) is 0 Å². The lowest BCUT2D eigenvalue weighted by Crippen LogP contribution is -1.95. The fraction of sp³-hybridized carbons (Fsp3) is 0.125. The summed E-state index contributed by atoms with van der Waals surface area (Å²) in [5, 5.41) is 0. The Morgan fingerprint density at radius 2 is 2.00 bits per heavy atom. The highest BCUT2D eigenvalue weighted by Gasteiger charge is 1.94. The van der Waals surface area contributed by atoms with Gasteiger partial charge in [0.05, 0.1) is 0 Å². The first-order valence-electron chi connectivity index (χ1n) is 5.73. The maximum absolute atomic E-state index is 6.01. The van der Waals surface area contributed by atoms with Gasteiger partial charge in [-0.05, 0) is 24.5 Å². The summed E-state index contributed by atoms with van der Waals surface area (Å²) in [5.41, 5.74) is 9.02. The lowest BCUT2D eigenvalue weighted by molar-refractivity contribution is 1.28. The molecule has 0 spiro atoms. The van der Waals surface area contributed by atoms with E-state index in [4.69, 9.17) is 5.73 Å². The van der Waals surface area contributed by atoms with Crippen molar-refractivity contribution >= 4 is 5.70 Å². The minimum atomic E-state index is 0.800. The lowest BCUT2D eigenvalue weighted by Gasteiger charge is -2.02. The zero-order chi connectivity index (χ0) is 12.5. The molecule has 0 saturated heterocycles. The number of hydrogen-bond donors (Lipinski definition) is 1. The summed E-state index contributed by atoms with van der Waals surface area (Å²) in [6.45, 7) is 5.78. The molecule has 0 aliphatic rings. The van der Waals surface area contributed by atoms with E-state index in [2.05, 4.69) is 6.58 Å². The van der Waals surface area contributed by atoms with Gasteiger partial charge in [0.25, 0.3) is 0 Å². The van der Waals surface area contributed by atoms with Crippen molar-refractivity contribution in [1.82, 2.24) is 0 Å². The smallest absolute Gasteiger partial charge is 0.0350 e. The highest BCUT2D eigenvalue weighted by Crippen LogP contribution is 2.12. The molecule has 0 bridgehead atoms. The summed E-state index contributed by atoms with van der Waals surface area (Å²) in [4.78, 5) is 0. The Balaban J connectivity index is 2.74. The molecule has 0 aliphatic carbocycles. The minimum Gasteiger partial charge on any atom is -0.398 e. The fourth-order valence-corrected chi connectivity index (χ4v) is 1.42. The van der Waals surface area contributed by atoms with Crippen molar-refractivity contribution < 1.29 is 0 Å². The van der Waals surface area contributed by atoms with E-state index < -0.39 is 0 Å². The van der Waals surface area contributed by atoms with E-state index in [0.717, 1.165) is 23.3 Å². The third-order valence-corrected chi connectivity index (χ3v) is 2.43. The van der Waals surface area contributed by atoms with Gasteiger partial charge in [-0.1, -0.05) is 67.3 Å². The molecular formula is C16H19N. The topological polar surface area (TPSA) is 26.0 Å². The molecular weight excluding hydrogens is 206 g/mol. The van der Waals surface area contributed by atoms with Crippen molar-refractivity contribution in [3.63, 3.8) is 0 Å². The normalized spacial score (nSPS) is 13.0. The zero-order valence-electron chi connectivity index (χ0n) is 10.3. The minimum absolute atomic E-state index is 0.800. The predicted molar refractivity (Wildman–Crippen MR) is 76.3 cm³/mol. The quantitative estimate of drug-likeness (QED) is 0.751. The van der Waals surface area contributed by atoms with Gasteiger partial charge >= 0.3 is 0 Å². The fourth-order valence-electron chi connectivity index (χ4n) is 1.42. The van der Waals surface area contributed by atoms with E-state index in [1.807, 2.05) is 67.6 Å². The lowest BCUT2D eigenvalue weighted by atomic mass is 10.1. The highest BCUT2D eigenvalue weighted by atomic mass is 14.6. The van der Waals surface area contributed by atoms with Crippen LogP contribution in [0.25, 0.3) is 5.70 Å². The van der Waals surface area contributed by atoms with Crippen LogP contribution in [0.2, 0.25) is 0 Å². The highest BCUT2D eigenvalue weighted by molar-refractivity contribution is 5.62. The van der Waals surface area contributed by atoms with Crippen LogP contribution in [-0.4, -0.2) is 0 Å². The maximum Gasteiger partial charge on any atom is 0.0350 e. The molecule has 0 radical (unpaired) electrons. The molecule has 1 aromatic rings. The Hall–Kier alpha value is -2.02.